The second kappa shape index (κ2) is 6.05. The third-order valence-corrected chi connectivity index (χ3v) is 4.28. The van der Waals surface area contributed by atoms with Crippen LogP contribution in [0.2, 0.25) is 5.02 Å². The summed E-state index contributed by atoms with van der Waals surface area (Å²) >= 11 is 6.12. The van der Waals surface area contributed by atoms with E-state index in [9.17, 15) is 9.59 Å². The Bertz CT molecular complexity index is 788. The Labute approximate surface area is 140 Å². The predicted molar refractivity (Wildman–Crippen MR) is 91.9 cm³/mol. The van der Waals surface area contributed by atoms with E-state index in [1.807, 2.05) is 32.0 Å². The van der Waals surface area contributed by atoms with Crippen LogP contribution in [-0.2, 0) is 9.59 Å². The molecule has 3 rings (SSSR count). The zero-order valence-electron chi connectivity index (χ0n) is 13.0. The number of rotatable bonds is 3. The monoisotopic (exact) mass is 328 g/mol. The molecule has 1 heterocycles. The van der Waals surface area contributed by atoms with Crippen LogP contribution in [0.1, 0.15) is 17.5 Å². The highest BCUT2D eigenvalue weighted by atomic mass is 35.5. The van der Waals surface area contributed by atoms with E-state index in [1.165, 1.54) is 4.90 Å². The van der Waals surface area contributed by atoms with Crippen LogP contribution in [0.3, 0.4) is 0 Å². The van der Waals surface area contributed by atoms with Crippen LogP contribution in [-0.4, -0.2) is 17.9 Å². The van der Waals surface area contributed by atoms with Gasteiger partial charge in [0.1, 0.15) is 6.04 Å². The highest BCUT2D eigenvalue weighted by Gasteiger charge is 2.40. The number of imide groups is 1. The molecule has 1 aliphatic heterocycles. The van der Waals surface area contributed by atoms with Crippen LogP contribution >= 0.6 is 11.6 Å². The molecule has 2 aromatic rings. The van der Waals surface area contributed by atoms with Gasteiger partial charge in [-0.15, -0.1) is 0 Å². The summed E-state index contributed by atoms with van der Waals surface area (Å²) in [5.41, 5.74) is 3.44. The Kier molecular flexibility index (Phi) is 4.09. The first-order valence-corrected chi connectivity index (χ1v) is 7.80. The molecule has 0 aromatic heterocycles. The van der Waals surface area contributed by atoms with Gasteiger partial charge in [0.25, 0.3) is 5.91 Å². The zero-order valence-corrected chi connectivity index (χ0v) is 13.7. The van der Waals surface area contributed by atoms with Gasteiger partial charge in [0.05, 0.1) is 17.1 Å². The van der Waals surface area contributed by atoms with Crippen LogP contribution in [0.4, 0.5) is 11.4 Å². The molecule has 4 nitrogen and oxygen atoms in total. The van der Waals surface area contributed by atoms with E-state index >= 15 is 0 Å². The average molecular weight is 329 g/mol. The van der Waals surface area contributed by atoms with Crippen molar-refractivity contribution in [1.82, 2.24) is 0 Å². The van der Waals surface area contributed by atoms with Crippen LogP contribution in [0.5, 0.6) is 0 Å². The molecular formula is C18H17ClN2O2. The molecule has 0 spiro atoms. The second-order valence-corrected chi connectivity index (χ2v) is 6.15. The molecule has 2 amide bonds. The van der Waals surface area contributed by atoms with Gasteiger partial charge in [-0.3, -0.25) is 9.59 Å². The van der Waals surface area contributed by atoms with E-state index < -0.39 is 6.04 Å². The van der Waals surface area contributed by atoms with Gasteiger partial charge in [-0.25, -0.2) is 4.90 Å². The van der Waals surface area contributed by atoms with Gasteiger partial charge in [0, 0.05) is 5.69 Å². The van der Waals surface area contributed by atoms with Gasteiger partial charge in [-0.1, -0.05) is 35.9 Å². The number of benzene rings is 2. The molecule has 0 bridgehead atoms. The summed E-state index contributed by atoms with van der Waals surface area (Å²) in [5.74, 6) is -0.519. The first-order chi connectivity index (χ1) is 11.0. The molecule has 23 heavy (non-hydrogen) atoms. The summed E-state index contributed by atoms with van der Waals surface area (Å²) in [4.78, 5) is 26.1. The number of para-hydroxylation sites is 1. The molecule has 1 N–H and O–H groups in total. The lowest BCUT2D eigenvalue weighted by Crippen LogP contribution is -2.35. The average Bonchev–Trinajstić information content (AvgIpc) is 2.78. The molecule has 1 fully saturated rings. The van der Waals surface area contributed by atoms with Crippen molar-refractivity contribution in [1.29, 1.82) is 0 Å². The van der Waals surface area contributed by atoms with Crippen molar-refractivity contribution in [2.24, 2.45) is 0 Å². The van der Waals surface area contributed by atoms with E-state index in [2.05, 4.69) is 5.32 Å². The lowest BCUT2D eigenvalue weighted by molar-refractivity contribution is -0.121. The normalized spacial score (nSPS) is 17.7. The maximum atomic E-state index is 12.7. The van der Waals surface area contributed by atoms with E-state index in [1.54, 1.807) is 24.3 Å². The fraction of sp³-hybridized carbons (Fsp3) is 0.222. The number of nitrogens with one attached hydrogen (secondary N) is 1. The van der Waals surface area contributed by atoms with Crippen LogP contribution in [0.25, 0.3) is 0 Å². The van der Waals surface area contributed by atoms with E-state index in [0.29, 0.717) is 10.7 Å². The SMILES string of the molecule is Cc1ccc(C)c(NC2CC(=O)N(c3ccccc3Cl)C2=O)c1. The van der Waals surface area contributed by atoms with Crippen molar-refractivity contribution < 1.29 is 9.59 Å². The molecule has 1 atom stereocenters. The van der Waals surface area contributed by atoms with Crippen LogP contribution < -0.4 is 10.2 Å². The lowest BCUT2D eigenvalue weighted by atomic mass is 10.1. The summed E-state index contributed by atoms with van der Waals surface area (Å²) in [6.45, 7) is 3.96. The summed E-state index contributed by atoms with van der Waals surface area (Å²) in [7, 11) is 0. The Hall–Kier alpha value is -2.33. The summed E-state index contributed by atoms with van der Waals surface area (Å²) in [6.07, 6.45) is 0.122. The number of amides is 2. The number of hydrogen-bond acceptors (Lipinski definition) is 3. The van der Waals surface area contributed by atoms with E-state index in [4.69, 9.17) is 11.6 Å². The minimum absolute atomic E-state index is 0.122. The number of carbonyl (C=O) groups excluding carboxylic acids is 2. The number of carbonyl (C=O) groups is 2. The topological polar surface area (TPSA) is 49.4 Å². The van der Waals surface area contributed by atoms with Gasteiger partial charge < -0.3 is 5.32 Å². The minimum atomic E-state index is -0.570. The van der Waals surface area contributed by atoms with E-state index in [-0.39, 0.29) is 18.2 Å². The maximum absolute atomic E-state index is 12.7. The molecule has 0 radical (unpaired) electrons. The van der Waals surface area contributed by atoms with Crippen molar-refractivity contribution in [2.75, 3.05) is 10.2 Å². The molecule has 1 unspecified atom stereocenters. The van der Waals surface area contributed by atoms with Gasteiger partial charge in [-0.05, 0) is 43.2 Å². The summed E-state index contributed by atoms with van der Waals surface area (Å²) < 4.78 is 0. The van der Waals surface area contributed by atoms with Crippen molar-refractivity contribution >= 4 is 34.8 Å². The zero-order chi connectivity index (χ0) is 16.6. The van der Waals surface area contributed by atoms with Crippen molar-refractivity contribution in [3.8, 4) is 0 Å². The number of hydrogen-bond donors (Lipinski definition) is 1. The quantitative estimate of drug-likeness (QED) is 0.874. The largest absolute Gasteiger partial charge is 0.373 e. The fourth-order valence-corrected chi connectivity index (χ4v) is 2.93. The third kappa shape index (κ3) is 2.94. The number of halogens is 1. The maximum Gasteiger partial charge on any atom is 0.256 e. The smallest absolute Gasteiger partial charge is 0.256 e. The van der Waals surface area contributed by atoms with Crippen molar-refractivity contribution in [2.45, 2.75) is 26.3 Å². The first kappa shape index (κ1) is 15.6. The number of nitrogens with zero attached hydrogens (tertiary/aromatic N) is 1. The molecule has 118 valence electrons. The highest BCUT2D eigenvalue weighted by molar-refractivity contribution is 6.36. The molecule has 1 aliphatic rings. The molecule has 0 aliphatic carbocycles. The van der Waals surface area contributed by atoms with Gasteiger partial charge >= 0.3 is 0 Å². The Morgan fingerprint density at radius 2 is 1.87 bits per heavy atom. The molecule has 5 heteroatoms. The van der Waals surface area contributed by atoms with Crippen LogP contribution in [0, 0.1) is 13.8 Å². The highest BCUT2D eigenvalue weighted by Crippen LogP contribution is 2.31. The van der Waals surface area contributed by atoms with Crippen molar-refractivity contribution in [3.05, 3.63) is 58.6 Å². The molecule has 0 saturated carbocycles. The summed E-state index contributed by atoms with van der Waals surface area (Å²) in [6, 6.07) is 12.3. The Morgan fingerprint density at radius 3 is 2.61 bits per heavy atom. The Balaban J connectivity index is 1.87. The molecule has 1 saturated heterocycles. The van der Waals surface area contributed by atoms with Gasteiger partial charge in [-0.2, -0.15) is 0 Å². The first-order valence-electron chi connectivity index (χ1n) is 7.42. The van der Waals surface area contributed by atoms with Crippen LogP contribution in [0.15, 0.2) is 42.5 Å². The van der Waals surface area contributed by atoms with Crippen molar-refractivity contribution in [3.63, 3.8) is 0 Å². The summed E-state index contributed by atoms with van der Waals surface area (Å²) in [5, 5.41) is 3.58. The van der Waals surface area contributed by atoms with Gasteiger partial charge in [0.2, 0.25) is 5.91 Å². The third-order valence-electron chi connectivity index (χ3n) is 3.96. The van der Waals surface area contributed by atoms with Gasteiger partial charge in [0.15, 0.2) is 0 Å². The number of anilines is 2. The second-order valence-electron chi connectivity index (χ2n) is 5.74. The fourth-order valence-electron chi connectivity index (χ4n) is 2.71. The van der Waals surface area contributed by atoms with E-state index in [0.717, 1.165) is 16.8 Å². The Morgan fingerprint density at radius 1 is 1.13 bits per heavy atom. The molecular weight excluding hydrogens is 312 g/mol. The predicted octanol–water partition coefficient (Wildman–Crippen LogP) is 3.70. The lowest BCUT2D eigenvalue weighted by Gasteiger charge is -2.18. The standard InChI is InChI=1S/C18H17ClN2O2/c1-11-7-8-12(2)14(9-11)20-15-10-17(22)21(18(15)23)16-6-4-3-5-13(16)19/h3-9,15,20H,10H2,1-2H3. The number of aryl methyl sites for hydroxylation is 2. The molecule has 2 aromatic carbocycles. The minimum Gasteiger partial charge on any atom is -0.373 e.